The summed E-state index contributed by atoms with van der Waals surface area (Å²) in [5.41, 5.74) is 3.34. The molecule has 2 unspecified atom stereocenters. The van der Waals surface area contributed by atoms with E-state index in [4.69, 9.17) is 11.6 Å². The lowest BCUT2D eigenvalue weighted by Crippen LogP contribution is -2.31. The van der Waals surface area contributed by atoms with E-state index in [-0.39, 0.29) is 23.7 Å². The molecule has 0 spiro atoms. The molecule has 1 aliphatic carbocycles. The van der Waals surface area contributed by atoms with Crippen LogP contribution in [0.2, 0.25) is 5.02 Å². The van der Waals surface area contributed by atoms with Gasteiger partial charge in [0.25, 0.3) is 0 Å². The van der Waals surface area contributed by atoms with Crippen molar-refractivity contribution in [3.05, 3.63) is 70.2 Å². The molecule has 0 saturated heterocycles. The number of carbonyl (C=O) groups excluding carboxylic acids is 2. The first-order valence-electron chi connectivity index (χ1n) is 8.89. The summed E-state index contributed by atoms with van der Waals surface area (Å²) in [6.45, 7) is 3.08. The van der Waals surface area contributed by atoms with Crippen LogP contribution in [0.4, 0.5) is 0 Å². The molecule has 2 amide bonds. The zero-order valence-corrected chi connectivity index (χ0v) is 15.6. The van der Waals surface area contributed by atoms with Crippen molar-refractivity contribution < 1.29 is 9.59 Å². The molecule has 2 aromatic carbocycles. The molecule has 0 radical (unpaired) electrons. The maximum Gasteiger partial charge on any atom is 0.224 e. The molecule has 0 aromatic heterocycles. The second kappa shape index (κ2) is 8.37. The SMILES string of the molecule is Cc1ccccc1CNC(=O)C1CC1C(=O)NCCc1cccc(Cl)c1. The normalized spacial score (nSPS) is 18.2. The average Bonchev–Trinajstić information content (AvgIpc) is 3.42. The lowest BCUT2D eigenvalue weighted by molar-refractivity contribution is -0.127. The number of amides is 2. The molecule has 5 heteroatoms. The van der Waals surface area contributed by atoms with Crippen LogP contribution in [0, 0.1) is 18.8 Å². The van der Waals surface area contributed by atoms with E-state index in [1.54, 1.807) is 0 Å². The van der Waals surface area contributed by atoms with Crippen LogP contribution in [-0.2, 0) is 22.6 Å². The summed E-state index contributed by atoms with van der Waals surface area (Å²) in [5, 5.41) is 6.56. The van der Waals surface area contributed by atoms with Gasteiger partial charge in [-0.3, -0.25) is 9.59 Å². The van der Waals surface area contributed by atoms with Gasteiger partial charge in [0.2, 0.25) is 11.8 Å². The maximum atomic E-state index is 12.2. The minimum atomic E-state index is -0.204. The summed E-state index contributed by atoms with van der Waals surface area (Å²) in [6, 6.07) is 15.6. The van der Waals surface area contributed by atoms with E-state index < -0.39 is 0 Å². The standard InChI is InChI=1S/C21H23ClN2O2/c1-14-5-2-3-7-16(14)13-24-21(26)19-12-18(19)20(25)23-10-9-15-6-4-8-17(22)11-15/h2-8,11,18-19H,9-10,12-13H2,1H3,(H,23,25)(H,24,26). The van der Waals surface area contributed by atoms with Crippen molar-refractivity contribution in [1.82, 2.24) is 10.6 Å². The highest BCUT2D eigenvalue weighted by atomic mass is 35.5. The molecule has 4 nitrogen and oxygen atoms in total. The molecule has 136 valence electrons. The van der Waals surface area contributed by atoms with E-state index in [1.807, 2.05) is 55.5 Å². The monoisotopic (exact) mass is 370 g/mol. The van der Waals surface area contributed by atoms with Gasteiger partial charge in [-0.05, 0) is 48.6 Å². The van der Waals surface area contributed by atoms with Gasteiger partial charge in [0.05, 0.1) is 11.8 Å². The van der Waals surface area contributed by atoms with Crippen LogP contribution in [0.15, 0.2) is 48.5 Å². The number of hydrogen-bond donors (Lipinski definition) is 2. The van der Waals surface area contributed by atoms with Gasteiger partial charge in [-0.1, -0.05) is 48.0 Å². The van der Waals surface area contributed by atoms with Crippen molar-refractivity contribution in [2.24, 2.45) is 11.8 Å². The number of halogens is 1. The Balaban J connectivity index is 1.39. The molecule has 26 heavy (non-hydrogen) atoms. The predicted molar refractivity (Wildman–Crippen MR) is 103 cm³/mol. The van der Waals surface area contributed by atoms with Gasteiger partial charge in [0.1, 0.15) is 0 Å². The smallest absolute Gasteiger partial charge is 0.224 e. The summed E-state index contributed by atoms with van der Waals surface area (Å²) in [4.78, 5) is 24.4. The second-order valence-corrected chi connectivity index (χ2v) is 7.20. The summed E-state index contributed by atoms with van der Waals surface area (Å²) >= 11 is 5.95. The topological polar surface area (TPSA) is 58.2 Å². The lowest BCUT2D eigenvalue weighted by Gasteiger charge is -2.08. The summed E-state index contributed by atoms with van der Waals surface area (Å²) in [7, 11) is 0. The molecule has 2 aromatic rings. The third-order valence-corrected chi connectivity index (χ3v) is 5.02. The Morgan fingerprint density at radius 1 is 1.04 bits per heavy atom. The van der Waals surface area contributed by atoms with Gasteiger partial charge >= 0.3 is 0 Å². The second-order valence-electron chi connectivity index (χ2n) is 6.76. The molecular weight excluding hydrogens is 348 g/mol. The summed E-state index contributed by atoms with van der Waals surface area (Å²) < 4.78 is 0. The van der Waals surface area contributed by atoms with Gasteiger partial charge in [-0.2, -0.15) is 0 Å². The molecule has 3 rings (SSSR count). The van der Waals surface area contributed by atoms with Crippen molar-refractivity contribution in [3.63, 3.8) is 0 Å². The first-order valence-corrected chi connectivity index (χ1v) is 9.27. The van der Waals surface area contributed by atoms with Crippen LogP contribution in [-0.4, -0.2) is 18.4 Å². The Morgan fingerprint density at radius 2 is 1.77 bits per heavy atom. The number of aryl methyl sites for hydroxylation is 1. The Labute approximate surface area is 158 Å². The molecule has 0 heterocycles. The van der Waals surface area contributed by atoms with Crippen LogP contribution in [0.3, 0.4) is 0 Å². The van der Waals surface area contributed by atoms with Crippen molar-refractivity contribution in [1.29, 1.82) is 0 Å². The van der Waals surface area contributed by atoms with E-state index in [0.29, 0.717) is 24.5 Å². The third-order valence-electron chi connectivity index (χ3n) is 4.78. The summed E-state index contributed by atoms with van der Waals surface area (Å²) in [5.74, 6) is -0.484. The number of benzene rings is 2. The van der Waals surface area contributed by atoms with E-state index in [2.05, 4.69) is 10.6 Å². The van der Waals surface area contributed by atoms with Crippen LogP contribution in [0.25, 0.3) is 0 Å². The number of rotatable bonds is 7. The Bertz CT molecular complexity index is 806. The first-order chi connectivity index (χ1) is 12.5. The molecule has 0 bridgehead atoms. The van der Waals surface area contributed by atoms with Crippen molar-refractivity contribution in [2.75, 3.05) is 6.54 Å². The van der Waals surface area contributed by atoms with Crippen LogP contribution >= 0.6 is 11.6 Å². The highest BCUT2D eigenvalue weighted by Crippen LogP contribution is 2.38. The minimum Gasteiger partial charge on any atom is -0.356 e. The largest absolute Gasteiger partial charge is 0.356 e. The Kier molecular flexibility index (Phi) is 5.94. The highest BCUT2D eigenvalue weighted by molar-refractivity contribution is 6.30. The van der Waals surface area contributed by atoms with Crippen molar-refractivity contribution >= 4 is 23.4 Å². The number of hydrogen-bond acceptors (Lipinski definition) is 2. The van der Waals surface area contributed by atoms with E-state index in [9.17, 15) is 9.59 Å². The highest BCUT2D eigenvalue weighted by Gasteiger charge is 2.47. The molecule has 1 fully saturated rings. The molecule has 2 atom stereocenters. The molecule has 2 N–H and O–H groups in total. The van der Waals surface area contributed by atoms with Crippen LogP contribution < -0.4 is 10.6 Å². The van der Waals surface area contributed by atoms with Gasteiger partial charge in [-0.25, -0.2) is 0 Å². The summed E-state index contributed by atoms with van der Waals surface area (Å²) in [6.07, 6.45) is 1.35. The Hall–Kier alpha value is -2.33. The number of carbonyl (C=O) groups is 2. The van der Waals surface area contributed by atoms with Crippen LogP contribution in [0.5, 0.6) is 0 Å². The van der Waals surface area contributed by atoms with Crippen LogP contribution in [0.1, 0.15) is 23.1 Å². The fourth-order valence-corrected chi connectivity index (χ4v) is 3.26. The Morgan fingerprint density at radius 3 is 2.50 bits per heavy atom. The minimum absolute atomic E-state index is 0.0387. The van der Waals surface area contributed by atoms with Gasteiger partial charge < -0.3 is 10.6 Å². The molecule has 1 saturated carbocycles. The lowest BCUT2D eigenvalue weighted by atomic mass is 10.1. The quantitative estimate of drug-likeness (QED) is 0.786. The molecule has 1 aliphatic rings. The fourth-order valence-electron chi connectivity index (χ4n) is 3.05. The predicted octanol–water partition coefficient (Wildman–Crippen LogP) is 3.26. The van der Waals surface area contributed by atoms with E-state index in [0.717, 1.165) is 23.1 Å². The van der Waals surface area contributed by atoms with Crippen molar-refractivity contribution in [3.8, 4) is 0 Å². The zero-order chi connectivity index (χ0) is 18.5. The molecule has 0 aliphatic heterocycles. The first kappa shape index (κ1) is 18.5. The van der Waals surface area contributed by atoms with E-state index in [1.165, 1.54) is 0 Å². The third kappa shape index (κ3) is 4.85. The van der Waals surface area contributed by atoms with Gasteiger partial charge in [-0.15, -0.1) is 0 Å². The van der Waals surface area contributed by atoms with Crippen molar-refractivity contribution in [2.45, 2.75) is 26.3 Å². The maximum absolute atomic E-state index is 12.2. The zero-order valence-electron chi connectivity index (χ0n) is 14.8. The van der Waals surface area contributed by atoms with Gasteiger partial charge in [0.15, 0.2) is 0 Å². The average molecular weight is 371 g/mol. The molecular formula is C21H23ClN2O2. The number of nitrogens with one attached hydrogen (secondary N) is 2. The fraction of sp³-hybridized carbons (Fsp3) is 0.333. The van der Waals surface area contributed by atoms with E-state index >= 15 is 0 Å². The van der Waals surface area contributed by atoms with Gasteiger partial charge in [0, 0.05) is 18.1 Å².